The molecule has 0 spiro atoms. The number of nitrogens with two attached hydrogens (primary N) is 1. The van der Waals surface area contributed by atoms with E-state index in [-0.39, 0.29) is 5.91 Å². The van der Waals surface area contributed by atoms with Crippen molar-refractivity contribution in [3.8, 4) is 11.5 Å². The molecule has 3 N–H and O–H groups in total. The molecular weight excluding hydrogens is 292 g/mol. The van der Waals surface area contributed by atoms with Gasteiger partial charge >= 0.3 is 0 Å². The Morgan fingerprint density at radius 2 is 1.74 bits per heavy atom. The predicted octanol–water partition coefficient (Wildman–Crippen LogP) is 3.20. The number of carbonyl (C=O) groups is 1. The molecule has 5 nitrogen and oxygen atoms in total. The Labute approximate surface area is 136 Å². The monoisotopic (exact) mass is 314 g/mol. The summed E-state index contributed by atoms with van der Waals surface area (Å²) in [7, 11) is 0. The van der Waals surface area contributed by atoms with Crippen LogP contribution in [0.1, 0.15) is 29.8 Å². The fourth-order valence-electron chi connectivity index (χ4n) is 2.21. The molecule has 0 radical (unpaired) electrons. The molecule has 1 amide bonds. The second-order valence-corrected chi connectivity index (χ2v) is 4.84. The van der Waals surface area contributed by atoms with E-state index in [9.17, 15) is 4.79 Å². The van der Waals surface area contributed by atoms with Crippen molar-refractivity contribution in [1.82, 2.24) is 0 Å². The molecule has 122 valence electrons. The van der Waals surface area contributed by atoms with Crippen molar-refractivity contribution in [2.45, 2.75) is 20.4 Å². The molecule has 23 heavy (non-hydrogen) atoms. The van der Waals surface area contributed by atoms with Gasteiger partial charge in [0.15, 0.2) is 11.5 Å². The van der Waals surface area contributed by atoms with Gasteiger partial charge in [-0.2, -0.15) is 0 Å². The van der Waals surface area contributed by atoms with E-state index in [1.807, 2.05) is 38.1 Å². The van der Waals surface area contributed by atoms with E-state index in [2.05, 4.69) is 5.32 Å². The van der Waals surface area contributed by atoms with Crippen LogP contribution in [0.4, 0.5) is 5.69 Å². The quantitative estimate of drug-likeness (QED) is 0.823. The highest BCUT2D eigenvalue weighted by Gasteiger charge is 2.12. The van der Waals surface area contributed by atoms with Gasteiger partial charge in [-0.25, -0.2) is 0 Å². The van der Waals surface area contributed by atoms with Crippen molar-refractivity contribution in [2.24, 2.45) is 5.73 Å². The first-order valence-corrected chi connectivity index (χ1v) is 7.68. The summed E-state index contributed by atoms with van der Waals surface area (Å²) in [5, 5.41) is 2.88. The van der Waals surface area contributed by atoms with Crippen molar-refractivity contribution in [3.05, 3.63) is 53.6 Å². The summed E-state index contributed by atoms with van der Waals surface area (Å²) >= 11 is 0. The van der Waals surface area contributed by atoms with Crippen LogP contribution in [-0.2, 0) is 6.54 Å². The average Bonchev–Trinajstić information content (AvgIpc) is 2.57. The summed E-state index contributed by atoms with van der Waals surface area (Å²) < 4.78 is 11.1. The van der Waals surface area contributed by atoms with Crippen LogP contribution in [0, 0.1) is 0 Å². The standard InChI is InChI=1S/C18H22N2O3/c1-3-22-16-10-9-13(11-17(16)23-4-2)18(21)20-15-8-6-5-7-14(15)12-19/h5-11H,3-4,12,19H2,1-2H3,(H,20,21). The zero-order chi connectivity index (χ0) is 16.7. The zero-order valence-electron chi connectivity index (χ0n) is 13.5. The van der Waals surface area contributed by atoms with Crippen LogP contribution in [0.25, 0.3) is 0 Å². The third-order valence-corrected chi connectivity index (χ3v) is 3.29. The highest BCUT2D eigenvalue weighted by atomic mass is 16.5. The van der Waals surface area contributed by atoms with E-state index in [0.29, 0.717) is 42.5 Å². The topological polar surface area (TPSA) is 73.6 Å². The first-order chi connectivity index (χ1) is 11.2. The summed E-state index contributed by atoms with van der Waals surface area (Å²) in [6.45, 7) is 5.20. The van der Waals surface area contributed by atoms with Gasteiger partial charge in [0.25, 0.3) is 5.91 Å². The lowest BCUT2D eigenvalue weighted by molar-refractivity contribution is 0.102. The summed E-state index contributed by atoms with van der Waals surface area (Å²) in [6, 6.07) is 12.6. The second kappa shape index (κ2) is 8.19. The Kier molecular flexibility index (Phi) is 6.00. The molecule has 2 aromatic carbocycles. The molecule has 0 atom stereocenters. The summed E-state index contributed by atoms with van der Waals surface area (Å²) in [6.07, 6.45) is 0. The molecule has 0 aliphatic carbocycles. The van der Waals surface area contributed by atoms with Gasteiger partial charge in [0.05, 0.1) is 13.2 Å². The van der Waals surface area contributed by atoms with Gasteiger partial charge in [-0.05, 0) is 43.7 Å². The maximum absolute atomic E-state index is 12.5. The first-order valence-electron chi connectivity index (χ1n) is 7.68. The lowest BCUT2D eigenvalue weighted by atomic mass is 10.1. The number of ether oxygens (including phenoxy) is 2. The summed E-state index contributed by atoms with van der Waals surface area (Å²) in [5.41, 5.74) is 7.80. The van der Waals surface area contributed by atoms with Crippen LogP contribution in [0.15, 0.2) is 42.5 Å². The Morgan fingerprint density at radius 3 is 2.43 bits per heavy atom. The number of hydrogen-bond acceptors (Lipinski definition) is 4. The summed E-state index contributed by atoms with van der Waals surface area (Å²) in [4.78, 5) is 12.5. The lowest BCUT2D eigenvalue weighted by Crippen LogP contribution is -2.14. The van der Waals surface area contributed by atoms with Gasteiger partial charge in [0.1, 0.15) is 0 Å². The molecule has 2 aromatic rings. The van der Waals surface area contributed by atoms with Gasteiger partial charge in [-0.15, -0.1) is 0 Å². The molecule has 0 bridgehead atoms. The van der Waals surface area contributed by atoms with Crippen LogP contribution in [-0.4, -0.2) is 19.1 Å². The smallest absolute Gasteiger partial charge is 0.255 e. The Bertz CT molecular complexity index is 671. The van der Waals surface area contributed by atoms with E-state index in [0.717, 1.165) is 5.56 Å². The number of carbonyl (C=O) groups excluding carboxylic acids is 1. The Hall–Kier alpha value is -2.53. The van der Waals surface area contributed by atoms with E-state index in [4.69, 9.17) is 15.2 Å². The van der Waals surface area contributed by atoms with Crippen molar-refractivity contribution < 1.29 is 14.3 Å². The van der Waals surface area contributed by atoms with Crippen molar-refractivity contribution >= 4 is 11.6 Å². The molecular formula is C18H22N2O3. The number of anilines is 1. The average molecular weight is 314 g/mol. The van der Waals surface area contributed by atoms with E-state index >= 15 is 0 Å². The van der Waals surface area contributed by atoms with Gasteiger partial charge < -0.3 is 20.5 Å². The third kappa shape index (κ3) is 4.23. The molecule has 0 fully saturated rings. The lowest BCUT2D eigenvalue weighted by Gasteiger charge is -2.13. The van der Waals surface area contributed by atoms with Crippen LogP contribution < -0.4 is 20.5 Å². The molecule has 0 aliphatic rings. The number of rotatable bonds is 7. The maximum Gasteiger partial charge on any atom is 0.255 e. The van der Waals surface area contributed by atoms with Gasteiger partial charge in [-0.1, -0.05) is 18.2 Å². The Balaban J connectivity index is 2.23. The minimum atomic E-state index is -0.213. The zero-order valence-corrected chi connectivity index (χ0v) is 13.5. The maximum atomic E-state index is 12.5. The van der Waals surface area contributed by atoms with Crippen molar-refractivity contribution in [1.29, 1.82) is 0 Å². The van der Waals surface area contributed by atoms with Gasteiger partial charge in [0, 0.05) is 17.8 Å². The summed E-state index contributed by atoms with van der Waals surface area (Å²) in [5.74, 6) is 0.984. The molecule has 5 heteroatoms. The molecule has 0 aliphatic heterocycles. The van der Waals surface area contributed by atoms with E-state index in [1.54, 1.807) is 18.2 Å². The number of para-hydroxylation sites is 1. The number of amides is 1. The van der Waals surface area contributed by atoms with Crippen LogP contribution in [0.3, 0.4) is 0 Å². The van der Waals surface area contributed by atoms with Crippen LogP contribution in [0.2, 0.25) is 0 Å². The highest BCUT2D eigenvalue weighted by molar-refractivity contribution is 6.05. The van der Waals surface area contributed by atoms with Crippen molar-refractivity contribution in [2.75, 3.05) is 18.5 Å². The number of nitrogens with one attached hydrogen (secondary N) is 1. The van der Waals surface area contributed by atoms with Crippen LogP contribution in [0.5, 0.6) is 11.5 Å². The van der Waals surface area contributed by atoms with Gasteiger partial charge in [-0.3, -0.25) is 4.79 Å². The fourth-order valence-corrected chi connectivity index (χ4v) is 2.21. The SMILES string of the molecule is CCOc1ccc(C(=O)Nc2ccccc2CN)cc1OCC. The van der Waals surface area contributed by atoms with Crippen LogP contribution >= 0.6 is 0 Å². The molecule has 0 heterocycles. The minimum Gasteiger partial charge on any atom is -0.490 e. The molecule has 0 saturated carbocycles. The van der Waals surface area contributed by atoms with E-state index in [1.165, 1.54) is 0 Å². The first kappa shape index (κ1) is 16.8. The molecule has 0 unspecified atom stereocenters. The molecule has 0 saturated heterocycles. The normalized spacial score (nSPS) is 10.2. The minimum absolute atomic E-state index is 0.213. The van der Waals surface area contributed by atoms with Gasteiger partial charge in [0.2, 0.25) is 0 Å². The molecule has 2 rings (SSSR count). The van der Waals surface area contributed by atoms with Crippen molar-refractivity contribution in [3.63, 3.8) is 0 Å². The third-order valence-electron chi connectivity index (χ3n) is 3.29. The fraction of sp³-hybridized carbons (Fsp3) is 0.278. The number of hydrogen-bond donors (Lipinski definition) is 2. The number of benzene rings is 2. The second-order valence-electron chi connectivity index (χ2n) is 4.84. The molecule has 0 aromatic heterocycles. The van der Waals surface area contributed by atoms with E-state index < -0.39 is 0 Å². The highest BCUT2D eigenvalue weighted by Crippen LogP contribution is 2.29. The Morgan fingerprint density at radius 1 is 1.04 bits per heavy atom. The largest absolute Gasteiger partial charge is 0.490 e. The predicted molar refractivity (Wildman–Crippen MR) is 91.1 cm³/mol.